The molecule has 0 bridgehead atoms. The second kappa shape index (κ2) is 6.36. The highest BCUT2D eigenvalue weighted by molar-refractivity contribution is 6.43. The van der Waals surface area contributed by atoms with Gasteiger partial charge in [-0.05, 0) is 30.7 Å². The molecular weight excluding hydrogens is 328 g/mol. The Morgan fingerprint density at radius 1 is 1.24 bits per heavy atom. The summed E-state index contributed by atoms with van der Waals surface area (Å²) in [6.45, 7) is 0.213. The summed E-state index contributed by atoms with van der Waals surface area (Å²) in [5.74, 6) is -2.88. The number of anilines is 1. The summed E-state index contributed by atoms with van der Waals surface area (Å²) in [6, 6.07) is 6.50. The zero-order valence-corrected chi connectivity index (χ0v) is 13.1. The van der Waals surface area contributed by atoms with Crippen molar-refractivity contribution in [2.45, 2.75) is 18.9 Å². The Hall–Kier alpha value is -3.20. The minimum atomic E-state index is -0.963. The molecule has 0 fully saturated rings. The molecule has 1 atom stereocenters. The number of amides is 3. The molecule has 0 radical (unpaired) electrons. The second-order valence-corrected chi connectivity index (χ2v) is 5.77. The van der Waals surface area contributed by atoms with Crippen LogP contribution in [0.25, 0.3) is 10.9 Å². The molecule has 0 saturated heterocycles. The van der Waals surface area contributed by atoms with Crippen LogP contribution < -0.4 is 16.4 Å². The van der Waals surface area contributed by atoms with E-state index in [0.717, 1.165) is 4.57 Å². The van der Waals surface area contributed by atoms with E-state index in [9.17, 15) is 24.3 Å². The Bertz CT molecular complexity index is 901. The van der Waals surface area contributed by atoms with E-state index in [0.29, 0.717) is 16.6 Å². The third kappa shape index (κ3) is 3.22. The molecule has 0 spiro atoms. The zero-order valence-electron chi connectivity index (χ0n) is 13.1. The summed E-state index contributed by atoms with van der Waals surface area (Å²) < 4.78 is 1.09. The number of fused-ring (bicyclic) bond motifs is 3. The van der Waals surface area contributed by atoms with E-state index in [1.807, 2.05) is 5.32 Å². The number of hydrogen-bond donors (Lipinski definition) is 4. The Balaban J connectivity index is 1.80. The summed E-state index contributed by atoms with van der Waals surface area (Å²) in [4.78, 5) is 46.0. The lowest BCUT2D eigenvalue weighted by atomic mass is 10.2. The van der Waals surface area contributed by atoms with Gasteiger partial charge in [-0.2, -0.15) is 0 Å². The number of benzene rings is 1. The lowest BCUT2D eigenvalue weighted by molar-refractivity contribution is -0.118. The van der Waals surface area contributed by atoms with Gasteiger partial charge in [0.25, 0.3) is 5.91 Å². The zero-order chi connectivity index (χ0) is 18.1. The van der Waals surface area contributed by atoms with Gasteiger partial charge in [0.1, 0.15) is 5.69 Å². The summed E-state index contributed by atoms with van der Waals surface area (Å²) in [7, 11) is 0. The van der Waals surface area contributed by atoms with Gasteiger partial charge in [-0.25, -0.2) is 0 Å². The standard InChI is InChI=1S/C16H16N4O5/c17-13(22)4-2-10(21)7-18-9-1-3-11-8(5-9)6-12-14(23)19-15(24)16(25)20(11)12/h1,3,5-6,10,18,21H,2,4,7H2,(H2,17,22)(H,19,23,24)/t10-/m1/s1. The normalized spacial score (nSPS) is 15.0. The molecule has 0 aliphatic carbocycles. The summed E-state index contributed by atoms with van der Waals surface area (Å²) in [5, 5.41) is 15.4. The maximum atomic E-state index is 12.0. The highest BCUT2D eigenvalue weighted by atomic mass is 16.3. The molecule has 2 heterocycles. The first-order chi connectivity index (χ1) is 11.9. The average molecular weight is 344 g/mol. The second-order valence-electron chi connectivity index (χ2n) is 5.77. The van der Waals surface area contributed by atoms with Crippen LogP contribution in [0.2, 0.25) is 0 Å². The molecule has 2 aromatic rings. The first-order valence-electron chi connectivity index (χ1n) is 7.62. The molecule has 3 rings (SSSR count). The van der Waals surface area contributed by atoms with E-state index >= 15 is 0 Å². The molecule has 3 amide bonds. The van der Waals surface area contributed by atoms with Crippen molar-refractivity contribution in [1.29, 1.82) is 0 Å². The van der Waals surface area contributed by atoms with E-state index in [-0.39, 0.29) is 25.1 Å². The van der Waals surface area contributed by atoms with Crippen molar-refractivity contribution in [1.82, 2.24) is 9.88 Å². The van der Waals surface area contributed by atoms with E-state index in [4.69, 9.17) is 5.73 Å². The fourth-order valence-electron chi connectivity index (χ4n) is 2.68. The van der Waals surface area contributed by atoms with Crippen molar-refractivity contribution >= 4 is 40.2 Å². The molecule has 1 aliphatic heterocycles. The van der Waals surface area contributed by atoms with Crippen molar-refractivity contribution in [2.24, 2.45) is 5.73 Å². The number of carbonyl (C=O) groups is 4. The van der Waals surface area contributed by atoms with Crippen molar-refractivity contribution in [3.05, 3.63) is 30.0 Å². The number of carbonyl (C=O) groups excluding carboxylic acids is 4. The van der Waals surface area contributed by atoms with E-state index in [1.165, 1.54) is 6.07 Å². The van der Waals surface area contributed by atoms with E-state index in [2.05, 4.69) is 5.32 Å². The average Bonchev–Trinajstić information content (AvgIpc) is 2.95. The van der Waals surface area contributed by atoms with Gasteiger partial charge in [0.15, 0.2) is 0 Å². The number of imide groups is 1. The van der Waals surface area contributed by atoms with Crippen molar-refractivity contribution in [3.63, 3.8) is 0 Å². The maximum Gasteiger partial charge on any atom is 0.321 e. The third-order valence-corrected chi connectivity index (χ3v) is 3.92. The van der Waals surface area contributed by atoms with Crippen LogP contribution in [0.4, 0.5) is 5.69 Å². The molecule has 0 saturated carbocycles. The van der Waals surface area contributed by atoms with Gasteiger partial charge in [-0.3, -0.25) is 29.1 Å². The molecule has 0 unspecified atom stereocenters. The number of nitrogens with zero attached hydrogens (tertiary/aromatic N) is 1. The van der Waals surface area contributed by atoms with Gasteiger partial charge >= 0.3 is 11.8 Å². The van der Waals surface area contributed by atoms with Gasteiger partial charge in [0.05, 0.1) is 11.6 Å². The summed E-state index contributed by atoms with van der Waals surface area (Å²) >= 11 is 0. The Morgan fingerprint density at radius 3 is 2.72 bits per heavy atom. The van der Waals surface area contributed by atoms with Crippen LogP contribution in [0.1, 0.15) is 28.1 Å². The Morgan fingerprint density at radius 2 is 2.00 bits per heavy atom. The number of nitrogens with two attached hydrogens (primary N) is 1. The predicted molar refractivity (Wildman–Crippen MR) is 88.0 cm³/mol. The third-order valence-electron chi connectivity index (χ3n) is 3.92. The largest absolute Gasteiger partial charge is 0.391 e. The summed E-state index contributed by atoms with van der Waals surface area (Å²) in [5.41, 5.74) is 6.24. The number of rotatable bonds is 6. The van der Waals surface area contributed by atoms with E-state index < -0.39 is 29.7 Å². The number of nitrogens with one attached hydrogen (secondary N) is 2. The number of aromatic nitrogens is 1. The van der Waals surface area contributed by atoms with Gasteiger partial charge in [-0.15, -0.1) is 0 Å². The van der Waals surface area contributed by atoms with Crippen LogP contribution in [-0.4, -0.2) is 46.0 Å². The number of aliphatic hydroxyl groups is 1. The highest BCUT2D eigenvalue weighted by Gasteiger charge is 2.31. The topological polar surface area (TPSA) is 144 Å². The predicted octanol–water partition coefficient (Wildman–Crippen LogP) is -0.410. The smallest absolute Gasteiger partial charge is 0.321 e. The fourth-order valence-corrected chi connectivity index (χ4v) is 2.68. The minimum Gasteiger partial charge on any atom is -0.391 e. The molecule has 9 nitrogen and oxygen atoms in total. The van der Waals surface area contributed by atoms with Crippen LogP contribution in [0.5, 0.6) is 0 Å². The molecule has 1 aliphatic rings. The Kier molecular flexibility index (Phi) is 4.24. The van der Waals surface area contributed by atoms with Crippen LogP contribution in [-0.2, 0) is 9.59 Å². The number of primary amides is 1. The Labute approximate surface area is 141 Å². The molecule has 9 heteroatoms. The van der Waals surface area contributed by atoms with Gasteiger partial charge in [0, 0.05) is 24.0 Å². The SMILES string of the molecule is NC(=O)CC[C@@H](O)CNc1ccc2c(c1)cc1n2C(=O)C(=O)NC1=O. The van der Waals surface area contributed by atoms with Crippen molar-refractivity contribution in [2.75, 3.05) is 11.9 Å². The van der Waals surface area contributed by atoms with Crippen molar-refractivity contribution < 1.29 is 24.3 Å². The molecule has 1 aromatic carbocycles. The number of aliphatic hydroxyl groups excluding tert-OH is 1. The first kappa shape index (κ1) is 16.7. The van der Waals surface area contributed by atoms with Gasteiger partial charge in [-0.1, -0.05) is 0 Å². The fraction of sp³-hybridized carbons (Fsp3) is 0.250. The number of hydrogen-bond acceptors (Lipinski definition) is 6. The molecular formula is C16H16N4O5. The summed E-state index contributed by atoms with van der Waals surface area (Å²) in [6.07, 6.45) is -0.392. The lowest BCUT2D eigenvalue weighted by Gasteiger charge is -2.14. The monoisotopic (exact) mass is 344 g/mol. The maximum absolute atomic E-state index is 12.0. The quantitative estimate of drug-likeness (QED) is 0.414. The van der Waals surface area contributed by atoms with Crippen LogP contribution in [0.15, 0.2) is 24.3 Å². The lowest BCUT2D eigenvalue weighted by Crippen LogP contribution is -2.45. The minimum absolute atomic E-state index is 0.0956. The van der Waals surface area contributed by atoms with Crippen LogP contribution in [0.3, 0.4) is 0 Å². The van der Waals surface area contributed by atoms with Crippen LogP contribution >= 0.6 is 0 Å². The molecule has 25 heavy (non-hydrogen) atoms. The molecule has 5 N–H and O–H groups in total. The van der Waals surface area contributed by atoms with E-state index in [1.54, 1.807) is 18.2 Å². The van der Waals surface area contributed by atoms with Gasteiger partial charge in [0.2, 0.25) is 5.91 Å². The van der Waals surface area contributed by atoms with Crippen molar-refractivity contribution in [3.8, 4) is 0 Å². The highest BCUT2D eigenvalue weighted by Crippen LogP contribution is 2.25. The molecule has 130 valence electrons. The molecule has 1 aromatic heterocycles. The van der Waals surface area contributed by atoms with Gasteiger partial charge < -0.3 is 16.2 Å². The van der Waals surface area contributed by atoms with Crippen LogP contribution in [0, 0.1) is 0 Å². The first-order valence-corrected chi connectivity index (χ1v) is 7.62.